The summed E-state index contributed by atoms with van der Waals surface area (Å²) in [7, 11) is 3.22. The van der Waals surface area contributed by atoms with E-state index in [1.54, 1.807) is 26.4 Å². The molecule has 0 radical (unpaired) electrons. The predicted octanol–water partition coefficient (Wildman–Crippen LogP) is 2.35. The number of aliphatic hydroxyl groups is 1. The van der Waals surface area contributed by atoms with Crippen LogP contribution in [0.1, 0.15) is 18.4 Å². The van der Waals surface area contributed by atoms with E-state index in [-0.39, 0.29) is 6.10 Å². The first kappa shape index (κ1) is 11.7. The van der Waals surface area contributed by atoms with Gasteiger partial charge in [-0.25, -0.2) is 0 Å². The van der Waals surface area contributed by atoms with Gasteiger partial charge in [0.1, 0.15) is 5.75 Å². The van der Waals surface area contributed by atoms with E-state index in [0.717, 1.165) is 5.56 Å². The van der Waals surface area contributed by atoms with Crippen LogP contribution < -0.4 is 4.74 Å². The summed E-state index contributed by atoms with van der Waals surface area (Å²) in [6.45, 7) is 0. The van der Waals surface area contributed by atoms with Crippen LogP contribution in [0.5, 0.6) is 5.75 Å². The highest BCUT2D eigenvalue weighted by Gasteiger charge is 2.44. The van der Waals surface area contributed by atoms with Gasteiger partial charge in [-0.1, -0.05) is 17.7 Å². The fourth-order valence-corrected chi connectivity index (χ4v) is 2.24. The average Bonchev–Trinajstić information content (AvgIpc) is 2.25. The van der Waals surface area contributed by atoms with Crippen LogP contribution in [0.3, 0.4) is 0 Å². The Morgan fingerprint density at radius 3 is 2.62 bits per heavy atom. The number of benzene rings is 1. The fraction of sp³-hybridized carbons (Fsp3) is 0.500. The van der Waals surface area contributed by atoms with E-state index < -0.39 is 5.60 Å². The van der Waals surface area contributed by atoms with Gasteiger partial charge < -0.3 is 14.6 Å². The molecule has 0 unspecified atom stereocenters. The largest absolute Gasteiger partial charge is 0.495 e. The maximum absolute atomic E-state index is 10.3. The Hall–Kier alpha value is -0.770. The molecule has 1 fully saturated rings. The third-order valence-corrected chi connectivity index (χ3v) is 3.46. The third kappa shape index (κ3) is 1.90. The summed E-state index contributed by atoms with van der Waals surface area (Å²) in [5, 5.41) is 10.9. The Morgan fingerprint density at radius 2 is 2.06 bits per heavy atom. The van der Waals surface area contributed by atoms with Crippen LogP contribution in [0.4, 0.5) is 0 Å². The van der Waals surface area contributed by atoms with Crippen LogP contribution >= 0.6 is 11.6 Å². The number of methoxy groups -OCH3 is 2. The zero-order valence-corrected chi connectivity index (χ0v) is 10.1. The lowest BCUT2D eigenvalue weighted by atomic mass is 9.73. The highest BCUT2D eigenvalue weighted by Crippen LogP contribution is 2.44. The minimum absolute atomic E-state index is 0.145. The van der Waals surface area contributed by atoms with Gasteiger partial charge in [0.25, 0.3) is 0 Å². The number of hydrogen-bond acceptors (Lipinski definition) is 3. The Kier molecular flexibility index (Phi) is 3.10. The molecule has 1 aliphatic rings. The number of ether oxygens (including phenoxy) is 2. The van der Waals surface area contributed by atoms with E-state index in [1.807, 2.05) is 6.07 Å². The molecule has 1 aromatic rings. The molecule has 1 aliphatic carbocycles. The second-order valence-corrected chi connectivity index (χ2v) is 4.55. The number of hydrogen-bond donors (Lipinski definition) is 1. The van der Waals surface area contributed by atoms with Crippen LogP contribution in [0.25, 0.3) is 0 Å². The summed E-state index contributed by atoms with van der Waals surface area (Å²) in [5.74, 6) is 0.591. The molecule has 1 N–H and O–H groups in total. The Labute approximate surface area is 99.9 Å². The van der Waals surface area contributed by atoms with Crippen LogP contribution in [0.2, 0.25) is 5.02 Å². The third-order valence-electron chi connectivity index (χ3n) is 3.15. The standard InChI is InChI=1S/C12H15ClO3/c1-15-9-6-12(14,7-9)8-3-4-10(13)11(5-8)16-2/h3-5,9,14H,6-7H2,1-2H3. The van der Waals surface area contributed by atoms with Crippen molar-refractivity contribution in [3.8, 4) is 5.75 Å². The van der Waals surface area contributed by atoms with E-state index >= 15 is 0 Å². The Morgan fingerprint density at radius 1 is 1.38 bits per heavy atom. The quantitative estimate of drug-likeness (QED) is 0.884. The number of rotatable bonds is 3. The average molecular weight is 243 g/mol. The van der Waals surface area contributed by atoms with Crippen molar-refractivity contribution in [3.05, 3.63) is 28.8 Å². The molecule has 1 aromatic carbocycles. The smallest absolute Gasteiger partial charge is 0.137 e. The van der Waals surface area contributed by atoms with Gasteiger partial charge in [0, 0.05) is 20.0 Å². The van der Waals surface area contributed by atoms with Gasteiger partial charge in [0.2, 0.25) is 0 Å². The molecule has 2 rings (SSSR count). The van der Waals surface area contributed by atoms with Crippen molar-refractivity contribution in [1.29, 1.82) is 0 Å². The zero-order valence-electron chi connectivity index (χ0n) is 9.37. The van der Waals surface area contributed by atoms with Crippen LogP contribution in [0.15, 0.2) is 18.2 Å². The van der Waals surface area contributed by atoms with E-state index in [0.29, 0.717) is 23.6 Å². The van der Waals surface area contributed by atoms with Crippen molar-refractivity contribution in [2.75, 3.05) is 14.2 Å². The first-order chi connectivity index (χ1) is 7.59. The van der Waals surface area contributed by atoms with Gasteiger partial charge in [-0.15, -0.1) is 0 Å². The first-order valence-electron chi connectivity index (χ1n) is 5.18. The summed E-state index contributed by atoms with van der Waals surface area (Å²) in [6.07, 6.45) is 1.38. The van der Waals surface area contributed by atoms with Crippen molar-refractivity contribution < 1.29 is 14.6 Å². The van der Waals surface area contributed by atoms with Gasteiger partial charge in [0.15, 0.2) is 0 Å². The maximum Gasteiger partial charge on any atom is 0.137 e. The summed E-state index contributed by atoms with van der Waals surface area (Å²) in [4.78, 5) is 0. The molecule has 0 amide bonds. The SMILES string of the molecule is COc1cc(C2(O)CC(OC)C2)ccc1Cl. The molecule has 88 valence electrons. The molecule has 0 saturated heterocycles. The molecule has 0 spiro atoms. The normalized spacial score (nSPS) is 28.6. The lowest BCUT2D eigenvalue weighted by Gasteiger charge is -2.43. The van der Waals surface area contributed by atoms with Gasteiger partial charge >= 0.3 is 0 Å². The molecule has 3 nitrogen and oxygen atoms in total. The van der Waals surface area contributed by atoms with Crippen LogP contribution in [0, 0.1) is 0 Å². The second-order valence-electron chi connectivity index (χ2n) is 4.15. The minimum Gasteiger partial charge on any atom is -0.495 e. The van der Waals surface area contributed by atoms with Crippen molar-refractivity contribution >= 4 is 11.6 Å². The molecule has 0 aromatic heterocycles. The van der Waals surface area contributed by atoms with Crippen molar-refractivity contribution in [1.82, 2.24) is 0 Å². The van der Waals surface area contributed by atoms with E-state index in [2.05, 4.69) is 0 Å². The number of halogens is 1. The molecular weight excluding hydrogens is 228 g/mol. The molecule has 16 heavy (non-hydrogen) atoms. The van der Waals surface area contributed by atoms with Gasteiger partial charge in [-0.05, 0) is 17.7 Å². The van der Waals surface area contributed by atoms with Crippen LogP contribution in [-0.4, -0.2) is 25.4 Å². The first-order valence-corrected chi connectivity index (χ1v) is 5.56. The maximum atomic E-state index is 10.3. The van der Waals surface area contributed by atoms with Gasteiger partial charge in [0.05, 0.1) is 23.8 Å². The summed E-state index contributed by atoms with van der Waals surface area (Å²) < 4.78 is 10.3. The molecule has 4 heteroatoms. The fourth-order valence-electron chi connectivity index (χ4n) is 2.05. The monoisotopic (exact) mass is 242 g/mol. The summed E-state index contributed by atoms with van der Waals surface area (Å²) in [6, 6.07) is 5.36. The lowest BCUT2D eigenvalue weighted by molar-refractivity contribution is -0.133. The molecular formula is C12H15ClO3. The molecule has 0 heterocycles. The highest BCUT2D eigenvalue weighted by atomic mass is 35.5. The molecule has 0 aliphatic heterocycles. The second kappa shape index (κ2) is 4.24. The van der Waals surface area contributed by atoms with Crippen molar-refractivity contribution in [2.45, 2.75) is 24.5 Å². The van der Waals surface area contributed by atoms with E-state index in [9.17, 15) is 5.11 Å². The van der Waals surface area contributed by atoms with Crippen molar-refractivity contribution in [2.24, 2.45) is 0 Å². The Balaban J connectivity index is 2.22. The molecule has 1 saturated carbocycles. The zero-order chi connectivity index (χ0) is 11.8. The van der Waals surface area contributed by atoms with Crippen LogP contribution in [-0.2, 0) is 10.3 Å². The highest BCUT2D eigenvalue weighted by molar-refractivity contribution is 6.32. The van der Waals surface area contributed by atoms with Gasteiger partial charge in [-0.3, -0.25) is 0 Å². The Bertz CT molecular complexity index is 386. The van der Waals surface area contributed by atoms with Gasteiger partial charge in [-0.2, -0.15) is 0 Å². The van der Waals surface area contributed by atoms with Crippen molar-refractivity contribution in [3.63, 3.8) is 0 Å². The topological polar surface area (TPSA) is 38.7 Å². The molecule has 0 atom stereocenters. The molecule has 0 bridgehead atoms. The summed E-state index contributed by atoms with van der Waals surface area (Å²) >= 11 is 5.93. The minimum atomic E-state index is -0.793. The predicted molar refractivity (Wildman–Crippen MR) is 61.9 cm³/mol. The summed E-state index contributed by atoms with van der Waals surface area (Å²) in [5.41, 5.74) is 0.0421. The van der Waals surface area contributed by atoms with E-state index in [1.165, 1.54) is 0 Å². The lowest BCUT2D eigenvalue weighted by Crippen LogP contribution is -2.45. The van der Waals surface area contributed by atoms with E-state index in [4.69, 9.17) is 21.1 Å².